The van der Waals surface area contributed by atoms with Gasteiger partial charge < -0.3 is 14.2 Å². The van der Waals surface area contributed by atoms with Gasteiger partial charge in [0.1, 0.15) is 13.2 Å². The van der Waals surface area contributed by atoms with Gasteiger partial charge in [-0.1, -0.05) is 268 Å². The molecule has 0 bridgehead atoms. The molecule has 0 amide bonds. The van der Waals surface area contributed by atoms with Crippen LogP contribution in [-0.2, 0) is 28.6 Å². The average molecular weight is 1120 g/mol. The molecule has 81 heavy (non-hydrogen) atoms. The van der Waals surface area contributed by atoms with E-state index in [4.69, 9.17) is 14.2 Å². The summed E-state index contributed by atoms with van der Waals surface area (Å²) < 4.78 is 16.9. The van der Waals surface area contributed by atoms with Crippen molar-refractivity contribution in [2.45, 2.75) is 271 Å². The molecule has 0 aromatic heterocycles. The highest BCUT2D eigenvalue weighted by atomic mass is 16.6. The maximum absolute atomic E-state index is 12.9. The third kappa shape index (κ3) is 65.5. The molecule has 0 aliphatic heterocycles. The molecule has 0 heterocycles. The lowest BCUT2D eigenvalue weighted by molar-refractivity contribution is -0.167. The Kier molecular flexibility index (Phi) is 62.9. The molecular formula is C75H118O6. The number of unbranched alkanes of at least 4 members (excludes halogenated alkanes) is 18. The van der Waals surface area contributed by atoms with Gasteiger partial charge in [-0.3, -0.25) is 14.4 Å². The van der Waals surface area contributed by atoms with Gasteiger partial charge in [-0.25, -0.2) is 0 Å². The fourth-order valence-corrected chi connectivity index (χ4v) is 8.37. The Labute approximate surface area is 498 Å². The monoisotopic (exact) mass is 1110 g/mol. The summed E-state index contributed by atoms with van der Waals surface area (Å²) in [6.07, 6.45) is 99.3. The molecule has 0 rings (SSSR count). The summed E-state index contributed by atoms with van der Waals surface area (Å²) in [4.78, 5) is 38.3. The first kappa shape index (κ1) is 75.8. The van der Waals surface area contributed by atoms with Crippen molar-refractivity contribution in [3.63, 3.8) is 0 Å². The normalized spacial score (nSPS) is 13.3. The summed E-state index contributed by atoms with van der Waals surface area (Å²) in [5.41, 5.74) is 0. The van der Waals surface area contributed by atoms with Crippen molar-refractivity contribution in [1.29, 1.82) is 0 Å². The van der Waals surface area contributed by atoms with Crippen LogP contribution in [0.2, 0.25) is 0 Å². The zero-order valence-electron chi connectivity index (χ0n) is 52.0. The smallest absolute Gasteiger partial charge is 0.306 e. The van der Waals surface area contributed by atoms with Crippen LogP contribution in [0.5, 0.6) is 0 Å². The Morgan fingerprint density at radius 2 is 0.494 bits per heavy atom. The molecule has 0 saturated heterocycles. The SMILES string of the molecule is CC/C=C\C/C=C\C/C=C\C/C=C\C/C=C\C/C=C\C/C=C\C/C=C\C/C=C\CCCC(=O)OCC(COC(=O)CCCCCCC/C=C\CCCCCC)OC(=O)CCCCCCCCCC/C=C\C/C=C\C/C=C\C/C=C\CC. The molecule has 6 heteroatoms. The van der Waals surface area contributed by atoms with Crippen molar-refractivity contribution in [3.05, 3.63) is 170 Å². The van der Waals surface area contributed by atoms with Crippen molar-refractivity contribution in [1.82, 2.24) is 0 Å². The summed E-state index contributed by atoms with van der Waals surface area (Å²) >= 11 is 0. The summed E-state index contributed by atoms with van der Waals surface area (Å²) in [7, 11) is 0. The van der Waals surface area contributed by atoms with Crippen LogP contribution in [0.1, 0.15) is 265 Å². The van der Waals surface area contributed by atoms with E-state index in [9.17, 15) is 14.4 Å². The minimum absolute atomic E-state index is 0.111. The second kappa shape index (κ2) is 67.3. The van der Waals surface area contributed by atoms with Gasteiger partial charge in [0.25, 0.3) is 0 Å². The second-order valence-electron chi connectivity index (χ2n) is 20.9. The second-order valence-corrected chi connectivity index (χ2v) is 20.9. The number of rotatable bonds is 57. The van der Waals surface area contributed by atoms with Crippen LogP contribution < -0.4 is 0 Å². The van der Waals surface area contributed by atoms with Crippen molar-refractivity contribution in [2.24, 2.45) is 0 Å². The molecule has 0 aromatic carbocycles. The van der Waals surface area contributed by atoms with E-state index in [1.165, 1.54) is 70.6 Å². The molecule has 0 aliphatic carbocycles. The van der Waals surface area contributed by atoms with Crippen LogP contribution in [0, 0.1) is 0 Å². The Balaban J connectivity index is 4.48. The standard InChI is InChI=1S/C75H118O6/c1-4-7-10-13-16-19-22-25-27-29-31-33-34-35-36-37-38-39-40-42-43-45-47-50-53-56-59-62-65-68-74(77)80-71-72(70-79-73(76)67-64-61-58-55-52-49-24-21-18-15-12-9-6-3)81-75(78)69-66-63-60-57-54-51-48-46-44-41-32-30-28-26-23-20-17-14-11-8-5-2/h7-8,10-11,16-17,19-21,24-28,31-33,35-36,38-39,41-43,47,50,56,59,72H,4-6,9,12-15,18,22-23,29-30,34,37,40,44-46,48-49,51-55,57-58,60-71H2,1-3H3/b10-7-,11-8-,19-16-,20-17-,24-21-,27-25-,28-26-,33-31-,36-35-,39-38-,41-32-,43-42-,50-47-,59-56-. The van der Waals surface area contributed by atoms with E-state index in [0.29, 0.717) is 19.3 Å². The first-order chi connectivity index (χ1) is 40.0. The topological polar surface area (TPSA) is 78.9 Å². The predicted molar refractivity (Wildman–Crippen MR) is 352 cm³/mol. The maximum atomic E-state index is 12.9. The van der Waals surface area contributed by atoms with Gasteiger partial charge in [0.05, 0.1) is 0 Å². The van der Waals surface area contributed by atoms with Crippen LogP contribution in [0.25, 0.3) is 0 Å². The minimum Gasteiger partial charge on any atom is -0.462 e. The van der Waals surface area contributed by atoms with Gasteiger partial charge in [0.15, 0.2) is 6.10 Å². The van der Waals surface area contributed by atoms with Crippen molar-refractivity contribution < 1.29 is 28.6 Å². The molecule has 0 aromatic rings. The van der Waals surface area contributed by atoms with E-state index in [2.05, 4.69) is 191 Å². The Morgan fingerprint density at radius 1 is 0.259 bits per heavy atom. The number of allylic oxidation sites excluding steroid dienone is 28. The van der Waals surface area contributed by atoms with E-state index >= 15 is 0 Å². The first-order valence-electron chi connectivity index (χ1n) is 32.6. The maximum Gasteiger partial charge on any atom is 0.306 e. The Morgan fingerprint density at radius 3 is 0.815 bits per heavy atom. The fraction of sp³-hybridized carbons (Fsp3) is 0.587. The van der Waals surface area contributed by atoms with Gasteiger partial charge in [-0.05, 0) is 148 Å². The summed E-state index contributed by atoms with van der Waals surface area (Å²) in [5.74, 6) is -0.993. The molecule has 0 saturated carbocycles. The highest BCUT2D eigenvalue weighted by Gasteiger charge is 2.19. The largest absolute Gasteiger partial charge is 0.462 e. The molecule has 0 N–H and O–H groups in total. The first-order valence-corrected chi connectivity index (χ1v) is 32.6. The van der Waals surface area contributed by atoms with Gasteiger partial charge in [-0.2, -0.15) is 0 Å². The van der Waals surface area contributed by atoms with Crippen LogP contribution in [-0.4, -0.2) is 37.2 Å². The molecule has 0 radical (unpaired) electrons. The summed E-state index contributed by atoms with van der Waals surface area (Å²) in [5, 5.41) is 0. The lowest BCUT2D eigenvalue weighted by Gasteiger charge is -2.18. The van der Waals surface area contributed by atoms with Gasteiger partial charge in [0, 0.05) is 19.3 Å². The Bertz CT molecular complexity index is 1860. The minimum atomic E-state index is -0.819. The molecule has 0 aliphatic rings. The quantitative estimate of drug-likeness (QED) is 0.0261. The fourth-order valence-electron chi connectivity index (χ4n) is 8.37. The van der Waals surface area contributed by atoms with E-state index in [0.717, 1.165) is 148 Å². The number of esters is 3. The zero-order chi connectivity index (χ0) is 58.5. The lowest BCUT2D eigenvalue weighted by Crippen LogP contribution is -2.30. The van der Waals surface area contributed by atoms with Crippen LogP contribution in [0.3, 0.4) is 0 Å². The predicted octanol–water partition coefficient (Wildman–Crippen LogP) is 22.7. The van der Waals surface area contributed by atoms with Crippen LogP contribution in [0.4, 0.5) is 0 Å². The number of carbonyl (C=O) groups is 3. The van der Waals surface area contributed by atoms with Gasteiger partial charge >= 0.3 is 17.9 Å². The highest BCUT2D eigenvalue weighted by Crippen LogP contribution is 2.14. The molecule has 0 fully saturated rings. The zero-order valence-corrected chi connectivity index (χ0v) is 52.0. The number of carbonyl (C=O) groups excluding carboxylic acids is 3. The summed E-state index contributed by atoms with van der Waals surface area (Å²) in [6, 6.07) is 0. The van der Waals surface area contributed by atoms with Crippen molar-refractivity contribution in [3.8, 4) is 0 Å². The number of ether oxygens (including phenoxy) is 3. The molecule has 6 nitrogen and oxygen atoms in total. The molecule has 1 atom stereocenters. The Hall–Kier alpha value is -5.23. The van der Waals surface area contributed by atoms with Gasteiger partial charge in [0.2, 0.25) is 0 Å². The van der Waals surface area contributed by atoms with E-state index in [1.54, 1.807) is 0 Å². The van der Waals surface area contributed by atoms with Gasteiger partial charge in [-0.15, -0.1) is 0 Å². The third-order valence-electron chi connectivity index (χ3n) is 13.2. The van der Waals surface area contributed by atoms with E-state index in [1.807, 2.05) is 0 Å². The molecule has 454 valence electrons. The summed E-state index contributed by atoms with van der Waals surface area (Å²) in [6.45, 7) is 6.33. The average Bonchev–Trinajstić information content (AvgIpc) is 3.46. The van der Waals surface area contributed by atoms with Crippen molar-refractivity contribution in [2.75, 3.05) is 13.2 Å². The van der Waals surface area contributed by atoms with Crippen LogP contribution >= 0.6 is 0 Å². The number of hydrogen-bond acceptors (Lipinski definition) is 6. The lowest BCUT2D eigenvalue weighted by atomic mass is 10.1. The number of hydrogen-bond donors (Lipinski definition) is 0. The van der Waals surface area contributed by atoms with E-state index in [-0.39, 0.29) is 37.5 Å². The van der Waals surface area contributed by atoms with Crippen molar-refractivity contribution >= 4 is 17.9 Å². The van der Waals surface area contributed by atoms with Crippen LogP contribution in [0.15, 0.2) is 170 Å². The molecular weight excluding hydrogens is 997 g/mol. The van der Waals surface area contributed by atoms with E-state index < -0.39 is 6.10 Å². The third-order valence-corrected chi connectivity index (χ3v) is 13.2. The molecule has 1 unspecified atom stereocenters. The highest BCUT2D eigenvalue weighted by molar-refractivity contribution is 5.71. The molecule has 0 spiro atoms.